The second-order valence-electron chi connectivity index (χ2n) is 6.63. The van der Waals surface area contributed by atoms with E-state index >= 15 is 0 Å². The second kappa shape index (κ2) is 7.33. The van der Waals surface area contributed by atoms with E-state index in [1.165, 1.54) is 0 Å². The smallest absolute Gasteiger partial charge is 0.260 e. The standard InChI is InChI=1S/C20H23N3O3/c1-25-17-5-3-2-4-14(17)6-7-18-21-19-16(20(24)22-18)8-11-23(19)15-9-12-26-13-10-15/h2-5,8,11,15H,6-7,9-10,12-13H2,1H3,(H,21,22,24). The van der Waals surface area contributed by atoms with Gasteiger partial charge in [-0.25, -0.2) is 4.98 Å². The van der Waals surface area contributed by atoms with Crippen molar-refractivity contribution in [1.82, 2.24) is 14.5 Å². The minimum atomic E-state index is -0.0733. The molecule has 0 amide bonds. The molecule has 4 rings (SSSR count). The van der Waals surface area contributed by atoms with Gasteiger partial charge in [0.15, 0.2) is 0 Å². The summed E-state index contributed by atoms with van der Waals surface area (Å²) in [4.78, 5) is 20.2. The van der Waals surface area contributed by atoms with Gasteiger partial charge in [-0.3, -0.25) is 4.79 Å². The quantitative estimate of drug-likeness (QED) is 0.766. The number of para-hydroxylation sites is 1. The molecule has 26 heavy (non-hydrogen) atoms. The van der Waals surface area contributed by atoms with E-state index in [1.54, 1.807) is 7.11 Å². The SMILES string of the molecule is COc1ccccc1CCc1nc2c(ccn2C2CCOCC2)c(=O)[nH]1. The molecule has 0 aliphatic carbocycles. The van der Waals surface area contributed by atoms with E-state index in [-0.39, 0.29) is 5.56 Å². The number of hydrogen-bond acceptors (Lipinski definition) is 4. The molecule has 1 saturated heterocycles. The molecule has 3 aromatic rings. The Morgan fingerprint density at radius 3 is 2.85 bits per heavy atom. The van der Waals surface area contributed by atoms with Crippen LogP contribution in [0.3, 0.4) is 0 Å². The van der Waals surface area contributed by atoms with Gasteiger partial charge in [-0.2, -0.15) is 0 Å². The minimum Gasteiger partial charge on any atom is -0.496 e. The molecule has 136 valence electrons. The van der Waals surface area contributed by atoms with Gasteiger partial charge in [-0.1, -0.05) is 18.2 Å². The number of aromatic amines is 1. The molecule has 6 nitrogen and oxygen atoms in total. The first-order valence-corrected chi connectivity index (χ1v) is 9.05. The van der Waals surface area contributed by atoms with Gasteiger partial charge in [-0.15, -0.1) is 0 Å². The monoisotopic (exact) mass is 353 g/mol. The predicted octanol–water partition coefficient (Wildman–Crippen LogP) is 2.87. The zero-order chi connectivity index (χ0) is 17.9. The summed E-state index contributed by atoms with van der Waals surface area (Å²) in [6.07, 6.45) is 5.30. The number of hydrogen-bond donors (Lipinski definition) is 1. The van der Waals surface area contributed by atoms with Crippen molar-refractivity contribution in [3.63, 3.8) is 0 Å². The van der Waals surface area contributed by atoms with Gasteiger partial charge in [-0.05, 0) is 37.0 Å². The zero-order valence-corrected chi connectivity index (χ0v) is 14.9. The molecule has 0 spiro atoms. The summed E-state index contributed by atoms with van der Waals surface area (Å²) >= 11 is 0. The maximum absolute atomic E-state index is 12.5. The lowest BCUT2D eigenvalue weighted by Gasteiger charge is -2.24. The van der Waals surface area contributed by atoms with Crippen molar-refractivity contribution in [2.24, 2.45) is 0 Å². The molecule has 1 aliphatic rings. The van der Waals surface area contributed by atoms with Crippen LogP contribution in [0.5, 0.6) is 5.75 Å². The fourth-order valence-corrected chi connectivity index (χ4v) is 3.63. The number of aryl methyl sites for hydroxylation is 2. The van der Waals surface area contributed by atoms with E-state index in [0.29, 0.717) is 23.7 Å². The highest BCUT2D eigenvalue weighted by molar-refractivity contribution is 5.75. The molecule has 3 heterocycles. The number of rotatable bonds is 5. The van der Waals surface area contributed by atoms with E-state index in [0.717, 1.165) is 49.4 Å². The number of nitrogens with zero attached hydrogens (tertiary/aromatic N) is 2. The van der Waals surface area contributed by atoms with Crippen LogP contribution < -0.4 is 10.3 Å². The maximum atomic E-state index is 12.5. The maximum Gasteiger partial charge on any atom is 0.260 e. The third-order valence-corrected chi connectivity index (χ3v) is 5.04. The van der Waals surface area contributed by atoms with Crippen molar-refractivity contribution < 1.29 is 9.47 Å². The molecule has 0 radical (unpaired) electrons. The van der Waals surface area contributed by atoms with Crippen molar-refractivity contribution in [2.45, 2.75) is 31.7 Å². The van der Waals surface area contributed by atoms with Crippen LogP contribution in [0.25, 0.3) is 11.0 Å². The van der Waals surface area contributed by atoms with E-state index < -0.39 is 0 Å². The fraction of sp³-hybridized carbons (Fsp3) is 0.400. The van der Waals surface area contributed by atoms with Gasteiger partial charge in [0.05, 0.1) is 12.5 Å². The van der Waals surface area contributed by atoms with Crippen molar-refractivity contribution in [3.05, 3.63) is 58.3 Å². The molecular weight excluding hydrogens is 330 g/mol. The molecule has 1 N–H and O–H groups in total. The number of H-pyrrole nitrogens is 1. The van der Waals surface area contributed by atoms with Crippen molar-refractivity contribution in [2.75, 3.05) is 20.3 Å². The van der Waals surface area contributed by atoms with Crippen molar-refractivity contribution in [3.8, 4) is 5.75 Å². The van der Waals surface area contributed by atoms with Crippen LogP contribution in [-0.4, -0.2) is 34.9 Å². The Morgan fingerprint density at radius 1 is 1.23 bits per heavy atom. The highest BCUT2D eigenvalue weighted by Gasteiger charge is 2.19. The van der Waals surface area contributed by atoms with Crippen molar-refractivity contribution in [1.29, 1.82) is 0 Å². The Labute approximate surface area is 151 Å². The highest BCUT2D eigenvalue weighted by atomic mass is 16.5. The molecule has 0 unspecified atom stereocenters. The Balaban J connectivity index is 1.62. The number of aromatic nitrogens is 3. The lowest BCUT2D eigenvalue weighted by Crippen LogP contribution is -2.20. The van der Waals surface area contributed by atoms with Crippen LogP contribution >= 0.6 is 0 Å². The highest BCUT2D eigenvalue weighted by Crippen LogP contribution is 2.25. The van der Waals surface area contributed by atoms with Crippen LogP contribution in [0, 0.1) is 0 Å². The number of nitrogens with one attached hydrogen (secondary N) is 1. The molecule has 0 atom stereocenters. The Kier molecular flexibility index (Phi) is 4.75. The van der Waals surface area contributed by atoms with Crippen LogP contribution in [0.1, 0.15) is 30.3 Å². The molecule has 0 bridgehead atoms. The summed E-state index contributed by atoms with van der Waals surface area (Å²) in [5.41, 5.74) is 1.81. The van der Waals surface area contributed by atoms with Crippen LogP contribution in [0.2, 0.25) is 0 Å². The first-order valence-electron chi connectivity index (χ1n) is 9.05. The first kappa shape index (κ1) is 16.8. The lowest BCUT2D eigenvalue weighted by atomic mass is 10.1. The summed E-state index contributed by atoms with van der Waals surface area (Å²) < 4.78 is 13.0. The van der Waals surface area contributed by atoms with E-state index in [9.17, 15) is 4.79 Å². The van der Waals surface area contributed by atoms with E-state index in [4.69, 9.17) is 14.5 Å². The second-order valence-corrected chi connectivity index (χ2v) is 6.63. The lowest BCUT2D eigenvalue weighted by molar-refractivity contribution is 0.0706. The Hall–Kier alpha value is -2.60. The molecule has 6 heteroatoms. The number of benzene rings is 1. The molecule has 1 fully saturated rings. The molecule has 0 saturated carbocycles. The van der Waals surface area contributed by atoms with Crippen LogP contribution in [0.15, 0.2) is 41.3 Å². The largest absolute Gasteiger partial charge is 0.496 e. The summed E-state index contributed by atoms with van der Waals surface area (Å²) in [6, 6.07) is 10.1. The Morgan fingerprint density at radius 2 is 2.04 bits per heavy atom. The van der Waals surface area contributed by atoms with E-state index in [1.807, 2.05) is 36.5 Å². The zero-order valence-electron chi connectivity index (χ0n) is 14.9. The van der Waals surface area contributed by atoms with Gasteiger partial charge in [0.25, 0.3) is 5.56 Å². The number of methoxy groups -OCH3 is 1. The fourth-order valence-electron chi connectivity index (χ4n) is 3.63. The van der Waals surface area contributed by atoms with Gasteiger partial charge < -0.3 is 19.0 Å². The normalized spacial score (nSPS) is 15.4. The number of fused-ring (bicyclic) bond motifs is 1. The first-order chi connectivity index (χ1) is 12.8. The van der Waals surface area contributed by atoms with Gasteiger partial charge in [0, 0.05) is 31.9 Å². The molecule has 1 aromatic carbocycles. The van der Waals surface area contributed by atoms with E-state index in [2.05, 4.69) is 9.55 Å². The predicted molar refractivity (Wildman–Crippen MR) is 99.8 cm³/mol. The number of ether oxygens (including phenoxy) is 2. The molecule has 1 aliphatic heterocycles. The average Bonchev–Trinajstić information content (AvgIpc) is 3.12. The Bertz CT molecular complexity index is 954. The van der Waals surface area contributed by atoms with Gasteiger partial charge >= 0.3 is 0 Å². The summed E-state index contributed by atoms with van der Waals surface area (Å²) in [6.45, 7) is 1.52. The van der Waals surface area contributed by atoms with Gasteiger partial charge in [0.2, 0.25) is 0 Å². The van der Waals surface area contributed by atoms with Crippen LogP contribution in [0.4, 0.5) is 0 Å². The summed E-state index contributed by atoms with van der Waals surface area (Å²) in [7, 11) is 1.67. The molecular formula is C20H23N3O3. The minimum absolute atomic E-state index is 0.0733. The third kappa shape index (κ3) is 3.24. The van der Waals surface area contributed by atoms with Gasteiger partial charge in [0.1, 0.15) is 17.2 Å². The van der Waals surface area contributed by atoms with Crippen LogP contribution in [-0.2, 0) is 17.6 Å². The van der Waals surface area contributed by atoms with Crippen molar-refractivity contribution >= 4 is 11.0 Å². The average molecular weight is 353 g/mol. The summed E-state index contributed by atoms with van der Waals surface area (Å²) in [5.74, 6) is 1.57. The topological polar surface area (TPSA) is 69.1 Å². The third-order valence-electron chi connectivity index (χ3n) is 5.04. The molecule has 2 aromatic heterocycles. The summed E-state index contributed by atoms with van der Waals surface area (Å²) in [5, 5.41) is 0.650.